The number of nitriles is 1. The zero-order valence-corrected chi connectivity index (χ0v) is 13.8. The molecular formula is C18H21N3O2. The molecule has 1 aromatic heterocycles. The number of nitrogens with zero attached hydrogens (tertiary/aromatic N) is 2. The zero-order chi connectivity index (χ0) is 17.1. The van der Waals surface area contributed by atoms with E-state index < -0.39 is 0 Å². The van der Waals surface area contributed by atoms with Gasteiger partial charge in [-0.2, -0.15) is 5.26 Å². The number of phenolic OH excluding ortho intramolecular Hbond substituents is 1. The van der Waals surface area contributed by atoms with Crippen molar-refractivity contribution in [1.29, 1.82) is 5.26 Å². The van der Waals surface area contributed by atoms with Crippen LogP contribution in [0.1, 0.15) is 43.5 Å². The van der Waals surface area contributed by atoms with Crippen molar-refractivity contribution >= 4 is 5.82 Å². The van der Waals surface area contributed by atoms with Gasteiger partial charge in [0, 0.05) is 11.3 Å². The molecule has 0 bridgehead atoms. The molecule has 0 aliphatic heterocycles. The van der Waals surface area contributed by atoms with Crippen LogP contribution in [0.25, 0.3) is 11.1 Å². The molecule has 0 fully saturated rings. The van der Waals surface area contributed by atoms with Gasteiger partial charge in [-0.3, -0.25) is 0 Å². The fourth-order valence-electron chi connectivity index (χ4n) is 2.76. The van der Waals surface area contributed by atoms with Gasteiger partial charge in [0.25, 0.3) is 0 Å². The predicted octanol–water partition coefficient (Wildman–Crippen LogP) is 3.60. The molecule has 0 aliphatic carbocycles. The normalized spacial score (nSPS) is 10.6. The quantitative estimate of drug-likeness (QED) is 0.900. The molecule has 0 aliphatic rings. The van der Waals surface area contributed by atoms with Gasteiger partial charge in [0.05, 0.1) is 7.11 Å². The number of benzene rings is 1. The first-order chi connectivity index (χ1) is 10.9. The highest BCUT2D eigenvalue weighted by atomic mass is 16.5. The molecule has 0 atom stereocenters. The molecule has 3 N–H and O–H groups in total. The van der Waals surface area contributed by atoms with Crippen molar-refractivity contribution in [2.75, 3.05) is 12.8 Å². The van der Waals surface area contributed by atoms with Crippen LogP contribution < -0.4 is 10.5 Å². The van der Waals surface area contributed by atoms with Crippen LogP contribution in [-0.4, -0.2) is 17.2 Å². The van der Waals surface area contributed by atoms with Gasteiger partial charge < -0.3 is 15.6 Å². The molecule has 120 valence electrons. The molecule has 5 heteroatoms. The molecule has 23 heavy (non-hydrogen) atoms. The van der Waals surface area contributed by atoms with E-state index in [1.54, 1.807) is 18.2 Å². The van der Waals surface area contributed by atoms with Crippen LogP contribution in [0.5, 0.6) is 11.5 Å². The number of aromatic nitrogens is 1. The van der Waals surface area contributed by atoms with Crippen molar-refractivity contribution in [3.8, 4) is 28.7 Å². The molecule has 0 radical (unpaired) electrons. The van der Waals surface area contributed by atoms with E-state index in [9.17, 15) is 10.4 Å². The third-order valence-corrected chi connectivity index (χ3v) is 3.84. The van der Waals surface area contributed by atoms with Crippen LogP contribution in [0.15, 0.2) is 18.2 Å². The van der Waals surface area contributed by atoms with Crippen LogP contribution in [0, 0.1) is 11.3 Å². The number of aromatic hydroxyl groups is 1. The first-order valence-corrected chi connectivity index (χ1v) is 7.54. The highest BCUT2D eigenvalue weighted by Crippen LogP contribution is 2.38. The Morgan fingerprint density at radius 2 is 2.09 bits per heavy atom. The number of anilines is 1. The first kappa shape index (κ1) is 16.6. The Labute approximate surface area is 136 Å². The summed E-state index contributed by atoms with van der Waals surface area (Å²) < 4.78 is 5.18. The summed E-state index contributed by atoms with van der Waals surface area (Å²) in [7, 11) is 1.49. The van der Waals surface area contributed by atoms with Crippen LogP contribution in [0.4, 0.5) is 5.82 Å². The van der Waals surface area contributed by atoms with Crippen molar-refractivity contribution in [2.45, 2.75) is 33.1 Å². The zero-order valence-electron chi connectivity index (χ0n) is 13.8. The number of ether oxygens (including phenoxy) is 1. The highest BCUT2D eigenvalue weighted by Gasteiger charge is 2.21. The SMILES string of the molecule is CCc1c(C(C)C)nc(N)c(C#N)c1-c1ccc(O)c(OC)c1. The Balaban J connectivity index is 2.86. The minimum Gasteiger partial charge on any atom is -0.504 e. The fraction of sp³-hybridized carbons (Fsp3) is 0.333. The average Bonchev–Trinajstić information content (AvgIpc) is 2.54. The van der Waals surface area contributed by atoms with E-state index in [0.29, 0.717) is 11.3 Å². The van der Waals surface area contributed by atoms with Gasteiger partial charge in [0.2, 0.25) is 0 Å². The highest BCUT2D eigenvalue weighted by molar-refractivity contribution is 5.80. The maximum absolute atomic E-state index is 9.81. The van der Waals surface area contributed by atoms with E-state index in [1.807, 2.05) is 20.8 Å². The van der Waals surface area contributed by atoms with Crippen molar-refractivity contribution in [3.05, 3.63) is 35.0 Å². The van der Waals surface area contributed by atoms with E-state index in [2.05, 4.69) is 11.1 Å². The Morgan fingerprint density at radius 3 is 2.61 bits per heavy atom. The minimum atomic E-state index is 0.0546. The van der Waals surface area contributed by atoms with Crippen LogP contribution in [0.3, 0.4) is 0 Å². The molecule has 0 unspecified atom stereocenters. The van der Waals surface area contributed by atoms with E-state index in [-0.39, 0.29) is 17.5 Å². The van der Waals surface area contributed by atoms with Crippen LogP contribution in [0.2, 0.25) is 0 Å². The minimum absolute atomic E-state index is 0.0546. The second kappa shape index (κ2) is 6.57. The Morgan fingerprint density at radius 1 is 1.39 bits per heavy atom. The summed E-state index contributed by atoms with van der Waals surface area (Å²) in [6.45, 7) is 6.13. The molecule has 2 aromatic rings. The molecule has 0 amide bonds. The number of nitrogens with two attached hydrogens (primary N) is 1. The van der Waals surface area contributed by atoms with Crippen molar-refractivity contribution < 1.29 is 9.84 Å². The van der Waals surface area contributed by atoms with Crippen molar-refractivity contribution in [3.63, 3.8) is 0 Å². The van der Waals surface area contributed by atoms with E-state index in [1.165, 1.54) is 7.11 Å². The lowest BCUT2D eigenvalue weighted by Gasteiger charge is -2.19. The summed E-state index contributed by atoms with van der Waals surface area (Å²) in [6.07, 6.45) is 0.730. The molecule has 1 heterocycles. The van der Waals surface area contributed by atoms with Gasteiger partial charge in [-0.05, 0) is 35.6 Å². The Kier molecular flexibility index (Phi) is 4.75. The van der Waals surface area contributed by atoms with Gasteiger partial charge in [0.1, 0.15) is 17.5 Å². The van der Waals surface area contributed by atoms with E-state index >= 15 is 0 Å². The number of methoxy groups -OCH3 is 1. The van der Waals surface area contributed by atoms with Crippen LogP contribution in [-0.2, 0) is 6.42 Å². The number of hydrogen-bond acceptors (Lipinski definition) is 5. The fourth-order valence-corrected chi connectivity index (χ4v) is 2.76. The molecule has 1 aromatic carbocycles. The smallest absolute Gasteiger partial charge is 0.161 e. The summed E-state index contributed by atoms with van der Waals surface area (Å²) in [6, 6.07) is 7.20. The van der Waals surface area contributed by atoms with Gasteiger partial charge in [-0.1, -0.05) is 26.8 Å². The Hall–Kier alpha value is -2.74. The molecule has 2 rings (SSSR count). The largest absolute Gasteiger partial charge is 0.504 e. The number of pyridine rings is 1. The summed E-state index contributed by atoms with van der Waals surface area (Å²) in [5.74, 6) is 0.835. The molecule has 5 nitrogen and oxygen atoms in total. The monoisotopic (exact) mass is 311 g/mol. The second-order valence-electron chi connectivity index (χ2n) is 5.62. The van der Waals surface area contributed by atoms with Gasteiger partial charge in [-0.15, -0.1) is 0 Å². The molecular weight excluding hydrogens is 290 g/mol. The van der Waals surface area contributed by atoms with Crippen molar-refractivity contribution in [2.24, 2.45) is 0 Å². The number of nitrogen functional groups attached to an aromatic ring is 1. The summed E-state index contributed by atoms with van der Waals surface area (Å²) in [4.78, 5) is 4.44. The Bertz CT molecular complexity index is 777. The lowest BCUT2D eigenvalue weighted by molar-refractivity contribution is 0.373. The second-order valence-corrected chi connectivity index (χ2v) is 5.62. The van der Waals surface area contributed by atoms with E-state index in [4.69, 9.17) is 10.5 Å². The van der Waals surface area contributed by atoms with E-state index in [0.717, 1.165) is 28.8 Å². The molecule has 0 saturated heterocycles. The molecule has 0 saturated carbocycles. The number of hydrogen-bond donors (Lipinski definition) is 2. The molecule has 0 spiro atoms. The maximum Gasteiger partial charge on any atom is 0.161 e. The van der Waals surface area contributed by atoms with Crippen LogP contribution >= 0.6 is 0 Å². The maximum atomic E-state index is 9.81. The summed E-state index contributed by atoms with van der Waals surface area (Å²) in [5, 5.41) is 19.3. The third-order valence-electron chi connectivity index (χ3n) is 3.84. The van der Waals surface area contributed by atoms with Crippen molar-refractivity contribution in [1.82, 2.24) is 4.98 Å². The lowest BCUT2D eigenvalue weighted by Crippen LogP contribution is -2.08. The van der Waals surface area contributed by atoms with Gasteiger partial charge in [-0.25, -0.2) is 4.98 Å². The number of rotatable bonds is 4. The summed E-state index contributed by atoms with van der Waals surface area (Å²) >= 11 is 0. The predicted molar refractivity (Wildman–Crippen MR) is 90.5 cm³/mol. The van der Waals surface area contributed by atoms with Gasteiger partial charge >= 0.3 is 0 Å². The topological polar surface area (TPSA) is 92.2 Å². The lowest BCUT2D eigenvalue weighted by atomic mass is 9.89. The third kappa shape index (κ3) is 2.93. The number of phenols is 1. The average molecular weight is 311 g/mol. The standard InChI is InChI=1S/C18H21N3O2/c1-5-12-16(11-6-7-14(22)15(8-11)23-4)13(9-19)18(20)21-17(12)10(2)3/h6-8,10,22H,5H2,1-4H3,(H2,20,21). The first-order valence-electron chi connectivity index (χ1n) is 7.54. The van der Waals surface area contributed by atoms with Gasteiger partial charge in [0.15, 0.2) is 11.5 Å². The summed E-state index contributed by atoms with van der Waals surface area (Å²) in [5.41, 5.74) is 9.82.